The minimum Gasteiger partial charge on any atom is -0.459 e. The fourth-order valence-electron chi connectivity index (χ4n) is 4.25. The topological polar surface area (TPSA) is 62.1 Å². The molecular formula is C23H21N3O2. The van der Waals surface area contributed by atoms with Gasteiger partial charge in [0, 0.05) is 53.6 Å². The van der Waals surface area contributed by atoms with Gasteiger partial charge in [-0.2, -0.15) is 0 Å². The number of furan rings is 1. The number of carbonyl (C=O) groups is 1. The van der Waals surface area contributed by atoms with Crippen molar-refractivity contribution in [2.45, 2.75) is 18.8 Å². The molecule has 1 amide bonds. The first-order valence-electron chi connectivity index (χ1n) is 9.65. The lowest BCUT2D eigenvalue weighted by Gasteiger charge is -2.32. The molecule has 1 fully saturated rings. The lowest BCUT2D eigenvalue weighted by molar-refractivity contribution is 0.0674. The van der Waals surface area contributed by atoms with Crippen LogP contribution in [0.4, 0.5) is 0 Å². The average molecular weight is 371 g/mol. The Bertz CT molecular complexity index is 1100. The second-order valence-electron chi connectivity index (χ2n) is 7.26. The number of aromatic amines is 1. The Labute approximate surface area is 163 Å². The van der Waals surface area contributed by atoms with Crippen LogP contribution in [0.3, 0.4) is 0 Å². The molecule has 0 radical (unpaired) electrons. The number of likely N-dealkylation sites (tertiary alicyclic amines) is 1. The quantitative estimate of drug-likeness (QED) is 0.560. The van der Waals surface area contributed by atoms with E-state index < -0.39 is 0 Å². The van der Waals surface area contributed by atoms with Gasteiger partial charge in [0.1, 0.15) is 0 Å². The Hall–Kier alpha value is -3.34. The van der Waals surface area contributed by atoms with Gasteiger partial charge in [0.2, 0.25) is 0 Å². The molecule has 1 atom stereocenters. The van der Waals surface area contributed by atoms with Gasteiger partial charge in [-0.05, 0) is 48.7 Å². The third-order valence-electron chi connectivity index (χ3n) is 5.55. The minimum absolute atomic E-state index is 0.0312. The number of piperidine rings is 1. The van der Waals surface area contributed by atoms with E-state index >= 15 is 0 Å². The number of nitrogens with one attached hydrogen (secondary N) is 1. The van der Waals surface area contributed by atoms with Crippen LogP contribution in [0.1, 0.15) is 35.0 Å². The van der Waals surface area contributed by atoms with E-state index in [0.717, 1.165) is 30.5 Å². The highest BCUT2D eigenvalue weighted by Gasteiger charge is 2.29. The molecular weight excluding hydrogens is 350 g/mol. The van der Waals surface area contributed by atoms with Crippen molar-refractivity contribution in [3.8, 4) is 11.1 Å². The molecule has 5 rings (SSSR count). The molecule has 140 valence electrons. The van der Waals surface area contributed by atoms with Crippen molar-refractivity contribution in [3.63, 3.8) is 0 Å². The van der Waals surface area contributed by atoms with Crippen molar-refractivity contribution in [1.29, 1.82) is 0 Å². The SMILES string of the molecule is O=C(c1ccco1)N1CCCC(c2[nH]c3ccccc3c2-c2ccncc2)C1. The number of para-hydroxylation sites is 1. The zero-order valence-electron chi connectivity index (χ0n) is 15.5. The van der Waals surface area contributed by atoms with Gasteiger partial charge >= 0.3 is 0 Å². The lowest BCUT2D eigenvalue weighted by Crippen LogP contribution is -2.39. The summed E-state index contributed by atoms with van der Waals surface area (Å²) in [4.78, 5) is 22.5. The molecule has 1 aliphatic heterocycles. The maximum Gasteiger partial charge on any atom is 0.289 e. The molecule has 28 heavy (non-hydrogen) atoms. The van der Waals surface area contributed by atoms with Crippen molar-refractivity contribution in [2.75, 3.05) is 13.1 Å². The summed E-state index contributed by atoms with van der Waals surface area (Å²) in [6.45, 7) is 1.45. The van der Waals surface area contributed by atoms with Crippen molar-refractivity contribution in [1.82, 2.24) is 14.9 Å². The van der Waals surface area contributed by atoms with Crippen LogP contribution in [0.25, 0.3) is 22.0 Å². The first kappa shape index (κ1) is 16.8. The highest BCUT2D eigenvalue weighted by Crippen LogP contribution is 2.39. The van der Waals surface area contributed by atoms with Crippen molar-refractivity contribution < 1.29 is 9.21 Å². The van der Waals surface area contributed by atoms with E-state index in [1.165, 1.54) is 16.6 Å². The number of fused-ring (bicyclic) bond motifs is 1. The fraction of sp³-hybridized carbons (Fsp3) is 0.217. The van der Waals surface area contributed by atoms with E-state index in [1.54, 1.807) is 18.4 Å². The fourth-order valence-corrected chi connectivity index (χ4v) is 4.25. The Balaban J connectivity index is 1.55. The van der Waals surface area contributed by atoms with Crippen molar-refractivity contribution in [3.05, 3.63) is 78.6 Å². The van der Waals surface area contributed by atoms with Crippen LogP contribution in [0, 0.1) is 0 Å². The average Bonchev–Trinajstić information content (AvgIpc) is 3.42. The molecule has 1 aliphatic rings. The van der Waals surface area contributed by atoms with Gasteiger partial charge in [0.05, 0.1) is 6.26 Å². The van der Waals surface area contributed by atoms with E-state index in [2.05, 4.69) is 28.2 Å². The third kappa shape index (κ3) is 2.89. The lowest BCUT2D eigenvalue weighted by atomic mass is 9.89. The molecule has 1 unspecified atom stereocenters. The number of rotatable bonds is 3. The summed E-state index contributed by atoms with van der Waals surface area (Å²) < 4.78 is 5.32. The van der Waals surface area contributed by atoms with Crippen LogP contribution in [0.2, 0.25) is 0 Å². The Kier molecular flexibility index (Phi) is 4.20. The summed E-state index contributed by atoms with van der Waals surface area (Å²) in [6.07, 6.45) is 7.23. The summed E-state index contributed by atoms with van der Waals surface area (Å²) in [5, 5.41) is 1.21. The van der Waals surface area contributed by atoms with Gasteiger partial charge in [0.25, 0.3) is 5.91 Å². The minimum atomic E-state index is -0.0312. The van der Waals surface area contributed by atoms with Crippen LogP contribution in [0.5, 0.6) is 0 Å². The Morgan fingerprint density at radius 2 is 1.96 bits per heavy atom. The van der Waals surface area contributed by atoms with Gasteiger partial charge in [-0.25, -0.2) is 0 Å². The van der Waals surface area contributed by atoms with Crippen LogP contribution in [-0.2, 0) is 0 Å². The van der Waals surface area contributed by atoms with Crippen LogP contribution >= 0.6 is 0 Å². The van der Waals surface area contributed by atoms with Crippen LogP contribution in [0.15, 0.2) is 71.6 Å². The molecule has 4 heterocycles. The van der Waals surface area contributed by atoms with Crippen molar-refractivity contribution in [2.24, 2.45) is 0 Å². The molecule has 5 nitrogen and oxygen atoms in total. The Morgan fingerprint density at radius 1 is 1.11 bits per heavy atom. The van der Waals surface area contributed by atoms with Gasteiger partial charge in [-0.1, -0.05) is 18.2 Å². The Morgan fingerprint density at radius 3 is 2.79 bits per heavy atom. The molecule has 0 bridgehead atoms. The highest BCUT2D eigenvalue weighted by atomic mass is 16.3. The first-order chi connectivity index (χ1) is 13.8. The second-order valence-corrected chi connectivity index (χ2v) is 7.26. The molecule has 1 saturated heterocycles. The van der Waals surface area contributed by atoms with E-state index in [1.807, 2.05) is 35.5 Å². The standard InChI is InChI=1S/C23H21N3O2/c27-23(20-8-4-14-28-20)26-13-3-5-17(15-26)22-21(16-9-11-24-12-10-16)18-6-1-2-7-19(18)25-22/h1-2,4,6-12,14,17,25H,3,5,13,15H2. The normalized spacial score (nSPS) is 17.1. The number of hydrogen-bond donors (Lipinski definition) is 1. The van der Waals surface area contributed by atoms with Crippen LogP contribution in [-0.4, -0.2) is 33.9 Å². The maximum absolute atomic E-state index is 12.8. The van der Waals surface area contributed by atoms with Crippen LogP contribution < -0.4 is 0 Å². The summed E-state index contributed by atoms with van der Waals surface area (Å²) in [7, 11) is 0. The third-order valence-corrected chi connectivity index (χ3v) is 5.55. The molecule has 0 saturated carbocycles. The largest absolute Gasteiger partial charge is 0.459 e. The predicted molar refractivity (Wildman–Crippen MR) is 108 cm³/mol. The monoisotopic (exact) mass is 371 g/mol. The number of carbonyl (C=O) groups excluding carboxylic acids is 1. The van der Waals surface area contributed by atoms with E-state index in [-0.39, 0.29) is 11.8 Å². The zero-order valence-corrected chi connectivity index (χ0v) is 15.5. The number of aromatic nitrogens is 2. The van der Waals surface area contributed by atoms with Gasteiger partial charge < -0.3 is 14.3 Å². The van der Waals surface area contributed by atoms with Gasteiger partial charge in [-0.15, -0.1) is 0 Å². The molecule has 4 aromatic rings. The van der Waals surface area contributed by atoms with Crippen molar-refractivity contribution >= 4 is 16.8 Å². The summed E-state index contributed by atoms with van der Waals surface area (Å²) in [5.41, 5.74) is 4.69. The maximum atomic E-state index is 12.8. The first-order valence-corrected chi connectivity index (χ1v) is 9.65. The predicted octanol–water partition coefficient (Wildman–Crippen LogP) is 4.84. The number of benzene rings is 1. The summed E-state index contributed by atoms with van der Waals surface area (Å²) in [5.74, 6) is 0.631. The highest BCUT2D eigenvalue weighted by molar-refractivity contribution is 5.98. The number of hydrogen-bond acceptors (Lipinski definition) is 3. The number of amides is 1. The molecule has 5 heteroatoms. The van der Waals surface area contributed by atoms with E-state index in [0.29, 0.717) is 12.3 Å². The zero-order chi connectivity index (χ0) is 18.9. The van der Waals surface area contributed by atoms with Gasteiger partial charge in [0.15, 0.2) is 5.76 Å². The molecule has 0 aliphatic carbocycles. The number of pyridine rings is 1. The summed E-state index contributed by atoms with van der Waals surface area (Å²) in [6, 6.07) is 16.0. The second kappa shape index (κ2) is 7.00. The molecule has 0 spiro atoms. The van der Waals surface area contributed by atoms with E-state index in [9.17, 15) is 4.79 Å². The summed E-state index contributed by atoms with van der Waals surface area (Å²) >= 11 is 0. The molecule has 3 aromatic heterocycles. The van der Waals surface area contributed by atoms with Gasteiger partial charge in [-0.3, -0.25) is 9.78 Å². The smallest absolute Gasteiger partial charge is 0.289 e. The molecule has 1 N–H and O–H groups in total. The number of H-pyrrole nitrogens is 1. The van der Waals surface area contributed by atoms with E-state index in [4.69, 9.17) is 4.42 Å². The number of nitrogens with zero attached hydrogens (tertiary/aromatic N) is 2. The molecule has 1 aromatic carbocycles.